The number of nitrogens with zero attached hydrogens (tertiary/aromatic N) is 3. The lowest BCUT2D eigenvalue weighted by Gasteiger charge is -2.42. The zero-order chi connectivity index (χ0) is 14.4. The highest BCUT2D eigenvalue weighted by atomic mass is 32.1. The zero-order valence-electron chi connectivity index (χ0n) is 12.7. The highest BCUT2D eigenvalue weighted by Crippen LogP contribution is 2.36. The fraction of sp³-hybridized carbons (Fsp3) is 0.625. The molecule has 4 heterocycles. The molecule has 2 aromatic heterocycles. The quantitative estimate of drug-likeness (QED) is 0.879. The van der Waals surface area contributed by atoms with E-state index in [-0.39, 0.29) is 0 Å². The van der Waals surface area contributed by atoms with Crippen molar-refractivity contribution >= 4 is 27.4 Å². The molecule has 4 nitrogen and oxygen atoms in total. The maximum absolute atomic E-state index is 4.64. The van der Waals surface area contributed by atoms with E-state index >= 15 is 0 Å². The molecule has 2 fully saturated rings. The number of hydrogen-bond donors (Lipinski definition) is 1. The summed E-state index contributed by atoms with van der Waals surface area (Å²) in [5.74, 6) is 1.93. The third-order valence-corrected chi connectivity index (χ3v) is 6.25. The molecule has 0 radical (unpaired) electrons. The van der Waals surface area contributed by atoms with E-state index in [4.69, 9.17) is 0 Å². The summed E-state index contributed by atoms with van der Waals surface area (Å²) < 4.78 is 0. The Kier molecular flexibility index (Phi) is 3.34. The van der Waals surface area contributed by atoms with Crippen LogP contribution in [0.1, 0.15) is 29.7 Å². The van der Waals surface area contributed by atoms with E-state index in [1.807, 2.05) is 0 Å². The second kappa shape index (κ2) is 5.21. The summed E-state index contributed by atoms with van der Waals surface area (Å²) in [6.45, 7) is 7.83. The highest BCUT2D eigenvalue weighted by Gasteiger charge is 2.32. The van der Waals surface area contributed by atoms with Gasteiger partial charge in [0.1, 0.15) is 17.0 Å². The van der Waals surface area contributed by atoms with Gasteiger partial charge < -0.3 is 10.2 Å². The summed E-state index contributed by atoms with van der Waals surface area (Å²) in [5, 5.41) is 4.97. The summed E-state index contributed by atoms with van der Waals surface area (Å²) in [6, 6.07) is 0.720. The molecule has 2 atom stereocenters. The number of rotatable bonds is 1. The molecule has 2 aliphatic rings. The maximum Gasteiger partial charge on any atom is 0.141 e. The summed E-state index contributed by atoms with van der Waals surface area (Å²) in [7, 11) is 0. The predicted octanol–water partition coefficient (Wildman–Crippen LogP) is 2.89. The normalized spacial score (nSPS) is 26.1. The number of aromatic nitrogens is 2. The first-order valence-corrected chi connectivity index (χ1v) is 8.74. The van der Waals surface area contributed by atoms with E-state index < -0.39 is 0 Å². The Bertz CT molecular complexity index is 666. The number of hydrogen-bond acceptors (Lipinski definition) is 5. The van der Waals surface area contributed by atoms with Gasteiger partial charge in [0.25, 0.3) is 0 Å². The molecule has 2 aliphatic heterocycles. The third kappa shape index (κ3) is 2.23. The molecule has 0 aromatic carbocycles. The molecule has 0 saturated carbocycles. The van der Waals surface area contributed by atoms with E-state index in [0.717, 1.165) is 35.7 Å². The van der Waals surface area contributed by atoms with Crippen molar-refractivity contribution in [3.05, 3.63) is 16.8 Å². The molecule has 21 heavy (non-hydrogen) atoms. The topological polar surface area (TPSA) is 41.1 Å². The average molecular weight is 302 g/mol. The number of thiophene rings is 1. The molecule has 1 N–H and O–H groups in total. The van der Waals surface area contributed by atoms with Gasteiger partial charge in [-0.1, -0.05) is 0 Å². The lowest BCUT2D eigenvalue weighted by molar-refractivity contribution is 0.244. The number of aryl methyl sites for hydroxylation is 2. The number of anilines is 1. The van der Waals surface area contributed by atoms with Crippen molar-refractivity contribution in [1.29, 1.82) is 0 Å². The van der Waals surface area contributed by atoms with Crippen LogP contribution in [0.5, 0.6) is 0 Å². The van der Waals surface area contributed by atoms with Crippen LogP contribution in [0.25, 0.3) is 10.2 Å². The van der Waals surface area contributed by atoms with Crippen LogP contribution >= 0.6 is 11.3 Å². The summed E-state index contributed by atoms with van der Waals surface area (Å²) in [5.41, 5.74) is 1.36. The van der Waals surface area contributed by atoms with Gasteiger partial charge in [0.05, 0.1) is 5.39 Å². The van der Waals surface area contributed by atoms with E-state index in [2.05, 4.69) is 34.0 Å². The molecule has 0 spiro atoms. The van der Waals surface area contributed by atoms with Gasteiger partial charge in [0.2, 0.25) is 0 Å². The van der Waals surface area contributed by atoms with Crippen LogP contribution in [-0.4, -0.2) is 35.6 Å². The molecular formula is C16H22N4S. The van der Waals surface area contributed by atoms with Gasteiger partial charge in [0, 0.05) is 24.0 Å². The van der Waals surface area contributed by atoms with Gasteiger partial charge in [-0.25, -0.2) is 9.97 Å². The smallest absolute Gasteiger partial charge is 0.141 e. The standard InChI is InChI=1S/C16H22N4S/c1-10-11(2)21-16-14(10)15(18-9-19-16)20-7-5-13-12(8-20)4-3-6-17-13/h9,12-13,17H,3-8H2,1-2H3. The van der Waals surface area contributed by atoms with Gasteiger partial charge >= 0.3 is 0 Å². The van der Waals surface area contributed by atoms with Gasteiger partial charge in [-0.2, -0.15) is 0 Å². The van der Waals surface area contributed by atoms with E-state index in [1.54, 1.807) is 17.7 Å². The minimum atomic E-state index is 0.720. The lowest BCUT2D eigenvalue weighted by Crippen LogP contribution is -2.52. The molecule has 0 bridgehead atoms. The van der Waals surface area contributed by atoms with Gasteiger partial charge in [0.15, 0.2) is 0 Å². The number of fused-ring (bicyclic) bond motifs is 2. The Morgan fingerprint density at radius 1 is 1.29 bits per heavy atom. The van der Waals surface area contributed by atoms with Crippen molar-refractivity contribution in [1.82, 2.24) is 15.3 Å². The first-order valence-electron chi connectivity index (χ1n) is 7.93. The van der Waals surface area contributed by atoms with E-state index in [0.29, 0.717) is 0 Å². The third-order valence-electron chi connectivity index (χ3n) is 5.14. The molecule has 2 unspecified atom stereocenters. The lowest BCUT2D eigenvalue weighted by atomic mass is 9.85. The fourth-order valence-corrected chi connectivity index (χ4v) is 4.83. The minimum absolute atomic E-state index is 0.720. The monoisotopic (exact) mass is 302 g/mol. The van der Waals surface area contributed by atoms with Crippen LogP contribution in [0.4, 0.5) is 5.82 Å². The van der Waals surface area contributed by atoms with Crippen LogP contribution in [0.3, 0.4) is 0 Å². The maximum atomic E-state index is 4.64. The fourth-order valence-electron chi connectivity index (χ4n) is 3.84. The molecule has 0 aliphatic carbocycles. The number of piperidine rings is 2. The van der Waals surface area contributed by atoms with Crippen LogP contribution in [0.2, 0.25) is 0 Å². The molecule has 112 valence electrons. The molecule has 2 aromatic rings. The highest BCUT2D eigenvalue weighted by molar-refractivity contribution is 7.18. The Labute approximate surface area is 129 Å². The average Bonchev–Trinajstić information content (AvgIpc) is 2.82. The minimum Gasteiger partial charge on any atom is -0.356 e. The second-order valence-electron chi connectivity index (χ2n) is 6.36. The van der Waals surface area contributed by atoms with E-state index in [9.17, 15) is 0 Å². The van der Waals surface area contributed by atoms with Crippen molar-refractivity contribution in [2.75, 3.05) is 24.5 Å². The first-order chi connectivity index (χ1) is 10.2. The van der Waals surface area contributed by atoms with Gasteiger partial charge in [-0.3, -0.25) is 0 Å². The SMILES string of the molecule is Cc1sc2ncnc(N3CCC4NCCCC4C3)c2c1C. The van der Waals surface area contributed by atoms with Crippen molar-refractivity contribution in [2.45, 2.75) is 39.2 Å². The van der Waals surface area contributed by atoms with Crippen molar-refractivity contribution < 1.29 is 0 Å². The summed E-state index contributed by atoms with van der Waals surface area (Å²) in [6.07, 6.45) is 5.63. The number of nitrogens with one attached hydrogen (secondary N) is 1. The van der Waals surface area contributed by atoms with Gasteiger partial charge in [-0.05, 0) is 51.1 Å². The second-order valence-corrected chi connectivity index (χ2v) is 7.56. The van der Waals surface area contributed by atoms with E-state index in [1.165, 1.54) is 41.6 Å². The van der Waals surface area contributed by atoms with Crippen LogP contribution in [0.15, 0.2) is 6.33 Å². The Hall–Kier alpha value is -1.20. The first kappa shape index (κ1) is 13.5. The Morgan fingerprint density at radius 2 is 2.19 bits per heavy atom. The Balaban J connectivity index is 1.70. The van der Waals surface area contributed by atoms with Crippen molar-refractivity contribution in [2.24, 2.45) is 5.92 Å². The molecule has 4 rings (SSSR count). The van der Waals surface area contributed by atoms with Crippen LogP contribution in [-0.2, 0) is 0 Å². The van der Waals surface area contributed by atoms with Crippen molar-refractivity contribution in [3.8, 4) is 0 Å². The summed E-state index contributed by atoms with van der Waals surface area (Å²) >= 11 is 1.79. The zero-order valence-corrected chi connectivity index (χ0v) is 13.5. The molecule has 2 saturated heterocycles. The predicted molar refractivity (Wildman–Crippen MR) is 88.2 cm³/mol. The van der Waals surface area contributed by atoms with Crippen LogP contribution < -0.4 is 10.2 Å². The molecule has 0 amide bonds. The largest absolute Gasteiger partial charge is 0.356 e. The van der Waals surface area contributed by atoms with Crippen LogP contribution in [0, 0.1) is 19.8 Å². The molecular weight excluding hydrogens is 280 g/mol. The Morgan fingerprint density at radius 3 is 3.10 bits per heavy atom. The molecule has 5 heteroatoms. The van der Waals surface area contributed by atoms with Crippen molar-refractivity contribution in [3.63, 3.8) is 0 Å². The summed E-state index contributed by atoms with van der Waals surface area (Å²) in [4.78, 5) is 14.1. The van der Waals surface area contributed by atoms with Gasteiger partial charge in [-0.15, -0.1) is 11.3 Å².